The molecule has 1 aromatic carbocycles. The van der Waals surface area contributed by atoms with E-state index >= 15 is 0 Å². The van der Waals surface area contributed by atoms with Crippen LogP contribution in [-0.4, -0.2) is 31.5 Å². The summed E-state index contributed by atoms with van der Waals surface area (Å²) in [5, 5.41) is 0.522. The second-order valence-electron chi connectivity index (χ2n) is 3.15. The summed E-state index contributed by atoms with van der Waals surface area (Å²) in [5.41, 5.74) is 0. The first-order valence-corrected chi connectivity index (χ1v) is 5.74. The molecule has 0 aliphatic carbocycles. The van der Waals surface area contributed by atoms with E-state index in [1.807, 2.05) is 6.07 Å². The van der Waals surface area contributed by atoms with Gasteiger partial charge in [0.15, 0.2) is 6.61 Å². The van der Waals surface area contributed by atoms with Crippen LogP contribution in [0.25, 0.3) is 0 Å². The summed E-state index contributed by atoms with van der Waals surface area (Å²) in [6.45, 7) is 0.00725. The van der Waals surface area contributed by atoms with E-state index in [-0.39, 0.29) is 12.5 Å². The lowest BCUT2D eigenvalue weighted by Crippen LogP contribution is -2.27. The monoisotopic (exact) mass is 339 g/mol. The van der Waals surface area contributed by atoms with Gasteiger partial charge in [0.25, 0.3) is 5.91 Å². The van der Waals surface area contributed by atoms with Crippen LogP contribution >= 0.6 is 34.2 Å². The highest BCUT2D eigenvalue weighted by molar-refractivity contribution is 14.1. The van der Waals surface area contributed by atoms with Crippen LogP contribution in [0, 0.1) is 3.57 Å². The number of nitrogens with zero attached hydrogens (tertiary/aromatic N) is 1. The number of amides is 1. The molecule has 0 atom stereocenters. The molecule has 0 spiro atoms. The predicted octanol–water partition coefficient (Wildman–Crippen LogP) is 2.41. The molecule has 0 aliphatic rings. The number of carbonyl (C=O) groups excluding carboxylic acids is 1. The van der Waals surface area contributed by atoms with Gasteiger partial charge in [0.2, 0.25) is 0 Å². The van der Waals surface area contributed by atoms with Crippen LogP contribution in [0.1, 0.15) is 0 Å². The summed E-state index contributed by atoms with van der Waals surface area (Å²) in [7, 11) is 3.36. The number of ether oxygens (including phenoxy) is 1. The van der Waals surface area contributed by atoms with Crippen molar-refractivity contribution in [1.29, 1.82) is 0 Å². The first kappa shape index (κ1) is 12.6. The lowest BCUT2D eigenvalue weighted by atomic mass is 10.3. The summed E-state index contributed by atoms with van der Waals surface area (Å²) >= 11 is 8.10. The summed E-state index contributed by atoms with van der Waals surface area (Å²) in [5.74, 6) is 0.442. The van der Waals surface area contributed by atoms with Gasteiger partial charge in [0.1, 0.15) is 5.75 Å². The molecule has 0 unspecified atom stereocenters. The van der Waals surface area contributed by atoms with Crippen molar-refractivity contribution in [2.45, 2.75) is 0 Å². The highest BCUT2D eigenvalue weighted by Crippen LogP contribution is 2.25. The molecule has 0 saturated carbocycles. The average Bonchev–Trinajstić information content (AvgIpc) is 2.15. The topological polar surface area (TPSA) is 29.5 Å². The third-order valence-electron chi connectivity index (χ3n) is 1.74. The smallest absolute Gasteiger partial charge is 0.259 e. The van der Waals surface area contributed by atoms with Gasteiger partial charge in [-0.25, -0.2) is 0 Å². The summed E-state index contributed by atoms with van der Waals surface area (Å²) in [4.78, 5) is 12.7. The standard InChI is InChI=1S/C10H11ClINO2/c1-13(2)10(14)6-15-9-4-3-7(12)5-8(9)11/h3-5H,6H2,1-2H3. The highest BCUT2D eigenvalue weighted by atomic mass is 127. The highest BCUT2D eigenvalue weighted by Gasteiger charge is 2.07. The minimum atomic E-state index is -0.0929. The van der Waals surface area contributed by atoms with Crippen molar-refractivity contribution >= 4 is 40.1 Å². The quantitative estimate of drug-likeness (QED) is 0.792. The van der Waals surface area contributed by atoms with E-state index in [9.17, 15) is 4.79 Å². The molecule has 0 bridgehead atoms. The van der Waals surface area contributed by atoms with E-state index in [1.54, 1.807) is 26.2 Å². The van der Waals surface area contributed by atoms with E-state index in [4.69, 9.17) is 16.3 Å². The SMILES string of the molecule is CN(C)C(=O)COc1ccc(I)cc1Cl. The van der Waals surface area contributed by atoms with E-state index in [1.165, 1.54) is 4.90 Å². The first-order chi connectivity index (χ1) is 7.00. The summed E-state index contributed by atoms with van der Waals surface area (Å²) in [6.07, 6.45) is 0. The fourth-order valence-electron chi connectivity index (χ4n) is 0.861. The van der Waals surface area contributed by atoms with Crippen molar-refractivity contribution in [1.82, 2.24) is 4.90 Å². The Labute approximate surface area is 107 Å². The van der Waals surface area contributed by atoms with Crippen molar-refractivity contribution in [2.24, 2.45) is 0 Å². The Hall–Kier alpha value is -0.490. The second kappa shape index (κ2) is 5.55. The number of hydrogen-bond donors (Lipinski definition) is 0. The molecule has 0 radical (unpaired) electrons. The number of carbonyl (C=O) groups is 1. The Bertz CT molecular complexity index is 368. The van der Waals surface area contributed by atoms with Crippen LogP contribution in [0.5, 0.6) is 5.75 Å². The van der Waals surface area contributed by atoms with Crippen molar-refractivity contribution < 1.29 is 9.53 Å². The molecule has 0 heterocycles. The van der Waals surface area contributed by atoms with E-state index in [2.05, 4.69) is 22.6 Å². The summed E-state index contributed by atoms with van der Waals surface area (Å²) < 4.78 is 6.32. The van der Waals surface area contributed by atoms with Gasteiger partial charge >= 0.3 is 0 Å². The van der Waals surface area contributed by atoms with Gasteiger partial charge in [-0.2, -0.15) is 0 Å². The number of rotatable bonds is 3. The molecule has 0 fully saturated rings. The van der Waals surface area contributed by atoms with Crippen LogP contribution in [-0.2, 0) is 4.79 Å². The molecule has 0 aliphatic heterocycles. The van der Waals surface area contributed by atoms with Crippen LogP contribution in [0.3, 0.4) is 0 Å². The van der Waals surface area contributed by atoms with Gasteiger partial charge in [-0.3, -0.25) is 4.79 Å². The van der Waals surface area contributed by atoms with Crippen molar-refractivity contribution in [3.63, 3.8) is 0 Å². The number of hydrogen-bond acceptors (Lipinski definition) is 2. The minimum absolute atomic E-state index is 0.00725. The van der Waals surface area contributed by atoms with Crippen molar-refractivity contribution in [3.8, 4) is 5.75 Å². The summed E-state index contributed by atoms with van der Waals surface area (Å²) in [6, 6.07) is 5.42. The Morgan fingerprint density at radius 2 is 2.20 bits per heavy atom. The molecule has 1 amide bonds. The molecule has 3 nitrogen and oxygen atoms in total. The fourth-order valence-corrected chi connectivity index (χ4v) is 1.77. The maximum absolute atomic E-state index is 11.3. The third-order valence-corrected chi connectivity index (χ3v) is 2.71. The van der Waals surface area contributed by atoms with Crippen LogP contribution in [0.2, 0.25) is 5.02 Å². The molecule has 1 aromatic rings. The Balaban J connectivity index is 2.62. The Morgan fingerprint density at radius 3 is 2.73 bits per heavy atom. The molecular formula is C10H11ClINO2. The Kier molecular flexibility index (Phi) is 4.66. The maximum Gasteiger partial charge on any atom is 0.259 e. The van der Waals surface area contributed by atoms with Gasteiger partial charge in [0.05, 0.1) is 5.02 Å². The largest absolute Gasteiger partial charge is 0.482 e. The van der Waals surface area contributed by atoms with Gasteiger partial charge in [-0.15, -0.1) is 0 Å². The van der Waals surface area contributed by atoms with E-state index in [0.29, 0.717) is 10.8 Å². The zero-order chi connectivity index (χ0) is 11.4. The number of likely N-dealkylation sites (N-methyl/N-ethyl adjacent to an activating group) is 1. The zero-order valence-corrected chi connectivity index (χ0v) is 11.4. The van der Waals surface area contributed by atoms with Gasteiger partial charge in [-0.05, 0) is 40.8 Å². The van der Waals surface area contributed by atoms with Crippen molar-refractivity contribution in [3.05, 3.63) is 26.8 Å². The predicted molar refractivity (Wildman–Crippen MR) is 68.4 cm³/mol. The molecule has 5 heteroatoms. The van der Waals surface area contributed by atoms with Gasteiger partial charge in [0, 0.05) is 17.7 Å². The number of halogens is 2. The molecule has 82 valence electrons. The van der Waals surface area contributed by atoms with E-state index in [0.717, 1.165) is 3.57 Å². The molecule has 15 heavy (non-hydrogen) atoms. The zero-order valence-electron chi connectivity index (χ0n) is 8.46. The minimum Gasteiger partial charge on any atom is -0.482 e. The normalized spacial score (nSPS) is 9.87. The molecule has 0 aromatic heterocycles. The molecular weight excluding hydrogens is 328 g/mol. The molecule has 0 N–H and O–H groups in total. The fraction of sp³-hybridized carbons (Fsp3) is 0.300. The Morgan fingerprint density at radius 1 is 1.53 bits per heavy atom. The number of benzene rings is 1. The van der Waals surface area contributed by atoms with Crippen LogP contribution in [0.15, 0.2) is 18.2 Å². The average molecular weight is 340 g/mol. The lowest BCUT2D eigenvalue weighted by molar-refractivity contribution is -0.130. The van der Waals surface area contributed by atoms with Crippen molar-refractivity contribution in [2.75, 3.05) is 20.7 Å². The first-order valence-electron chi connectivity index (χ1n) is 4.28. The lowest BCUT2D eigenvalue weighted by Gasteiger charge is -2.12. The third kappa shape index (κ3) is 3.87. The second-order valence-corrected chi connectivity index (χ2v) is 4.80. The maximum atomic E-state index is 11.3. The van der Waals surface area contributed by atoms with Crippen LogP contribution < -0.4 is 4.74 Å². The molecule has 0 saturated heterocycles. The molecule has 1 rings (SSSR count). The van der Waals surface area contributed by atoms with E-state index < -0.39 is 0 Å². The van der Waals surface area contributed by atoms with Gasteiger partial charge < -0.3 is 9.64 Å². The van der Waals surface area contributed by atoms with Gasteiger partial charge in [-0.1, -0.05) is 11.6 Å². The van der Waals surface area contributed by atoms with Crippen LogP contribution in [0.4, 0.5) is 0 Å².